The molecule has 1 aliphatic heterocycles. The Morgan fingerprint density at radius 2 is 2.30 bits per heavy atom. The second-order valence-electron chi connectivity index (χ2n) is 5.74. The second-order valence-corrected chi connectivity index (χ2v) is 5.74. The summed E-state index contributed by atoms with van der Waals surface area (Å²) in [5.74, 6) is 2.90. The molecule has 0 radical (unpaired) electrons. The third-order valence-electron chi connectivity index (χ3n) is 4.09. The normalized spacial score (nSPS) is 18.3. The number of aliphatic hydroxyl groups excluding tert-OH is 1. The Bertz CT molecular complexity index is 616. The molecule has 1 fully saturated rings. The average molecular weight is 317 g/mol. The minimum absolute atomic E-state index is 0.0550. The van der Waals surface area contributed by atoms with Crippen molar-refractivity contribution in [1.29, 1.82) is 0 Å². The van der Waals surface area contributed by atoms with Gasteiger partial charge in [-0.15, -0.1) is 0 Å². The molecule has 1 atom stereocenters. The number of aliphatic hydroxyl groups is 1. The number of hydrogen-bond donors (Lipinski definition) is 1. The number of rotatable bonds is 6. The lowest BCUT2D eigenvalue weighted by Crippen LogP contribution is -2.36. The van der Waals surface area contributed by atoms with Crippen LogP contribution in [0.4, 0.5) is 5.82 Å². The quantitative estimate of drug-likeness (QED) is 0.862. The fraction of sp³-hybridized carbons (Fsp3) is 0.562. The van der Waals surface area contributed by atoms with E-state index >= 15 is 0 Å². The Labute approximate surface area is 135 Å². The zero-order chi connectivity index (χ0) is 16.1. The van der Waals surface area contributed by atoms with Gasteiger partial charge < -0.3 is 14.7 Å². The van der Waals surface area contributed by atoms with E-state index in [2.05, 4.69) is 20.0 Å². The predicted octanol–water partition coefficient (Wildman–Crippen LogP) is 1.20. The van der Waals surface area contributed by atoms with Crippen molar-refractivity contribution in [3.63, 3.8) is 0 Å². The van der Waals surface area contributed by atoms with E-state index in [1.807, 2.05) is 29.1 Å². The van der Waals surface area contributed by atoms with Gasteiger partial charge in [0.1, 0.15) is 18.2 Å². The summed E-state index contributed by atoms with van der Waals surface area (Å²) < 4.78 is 6.95. The zero-order valence-electron chi connectivity index (χ0n) is 13.4. The van der Waals surface area contributed by atoms with Gasteiger partial charge in [0, 0.05) is 32.3 Å². The van der Waals surface area contributed by atoms with E-state index in [0.717, 1.165) is 37.6 Å². The molecule has 3 rings (SSSR count). The molecule has 1 N–H and O–H groups in total. The molecule has 0 saturated carbocycles. The van der Waals surface area contributed by atoms with Crippen molar-refractivity contribution in [2.45, 2.75) is 31.9 Å². The van der Waals surface area contributed by atoms with Gasteiger partial charge in [0.2, 0.25) is 0 Å². The van der Waals surface area contributed by atoms with Gasteiger partial charge in [0.25, 0.3) is 0 Å². The maximum absolute atomic E-state index is 9.27. The summed E-state index contributed by atoms with van der Waals surface area (Å²) in [6.45, 7) is 2.79. The van der Waals surface area contributed by atoms with E-state index in [1.54, 1.807) is 7.11 Å². The van der Waals surface area contributed by atoms with Gasteiger partial charge in [0.05, 0.1) is 13.2 Å². The van der Waals surface area contributed by atoms with Crippen molar-refractivity contribution in [1.82, 2.24) is 19.7 Å². The first-order valence-electron chi connectivity index (χ1n) is 8.01. The molecule has 7 heteroatoms. The van der Waals surface area contributed by atoms with Gasteiger partial charge in [-0.3, -0.25) is 0 Å². The molecule has 0 amide bonds. The lowest BCUT2D eigenvalue weighted by atomic mass is 9.97. The maximum Gasteiger partial charge on any atom is 0.176 e. The van der Waals surface area contributed by atoms with E-state index < -0.39 is 0 Å². The molecule has 7 nitrogen and oxygen atoms in total. The van der Waals surface area contributed by atoms with E-state index in [4.69, 9.17) is 4.74 Å². The summed E-state index contributed by atoms with van der Waals surface area (Å²) in [5.41, 5.74) is 0. The summed E-state index contributed by atoms with van der Waals surface area (Å²) >= 11 is 0. The Morgan fingerprint density at radius 3 is 3.04 bits per heavy atom. The molecule has 1 aliphatic rings. The molecule has 1 unspecified atom stereocenters. The highest BCUT2D eigenvalue weighted by molar-refractivity contribution is 5.39. The van der Waals surface area contributed by atoms with E-state index in [9.17, 15) is 5.11 Å². The summed E-state index contributed by atoms with van der Waals surface area (Å²) in [6, 6.07) is 5.98. The average Bonchev–Trinajstić information content (AvgIpc) is 2.99. The molecular formula is C16H23N5O2. The number of anilines is 1. The van der Waals surface area contributed by atoms with Gasteiger partial charge in [-0.25, -0.2) is 14.6 Å². The lowest BCUT2D eigenvalue weighted by molar-refractivity contribution is 0.177. The first kappa shape index (κ1) is 15.9. The topological polar surface area (TPSA) is 76.3 Å². The Morgan fingerprint density at radius 1 is 1.39 bits per heavy atom. The van der Waals surface area contributed by atoms with Gasteiger partial charge in [0.15, 0.2) is 5.82 Å². The number of piperidine rings is 1. The van der Waals surface area contributed by atoms with Crippen molar-refractivity contribution in [3.05, 3.63) is 36.0 Å². The van der Waals surface area contributed by atoms with Crippen molar-refractivity contribution in [2.75, 3.05) is 31.7 Å². The first-order chi connectivity index (χ1) is 11.3. The zero-order valence-corrected chi connectivity index (χ0v) is 13.4. The summed E-state index contributed by atoms with van der Waals surface area (Å²) in [5, 5.41) is 13.7. The molecule has 0 bridgehead atoms. The fourth-order valence-corrected chi connectivity index (χ4v) is 3.09. The van der Waals surface area contributed by atoms with Crippen LogP contribution in [0.5, 0.6) is 0 Å². The number of nitrogens with zero attached hydrogens (tertiary/aromatic N) is 5. The third-order valence-corrected chi connectivity index (χ3v) is 4.09. The van der Waals surface area contributed by atoms with Crippen LogP contribution in [0.15, 0.2) is 24.4 Å². The lowest BCUT2D eigenvalue weighted by Gasteiger charge is -2.33. The van der Waals surface area contributed by atoms with Crippen LogP contribution in [0.1, 0.15) is 30.4 Å². The van der Waals surface area contributed by atoms with Crippen LogP contribution in [0.2, 0.25) is 0 Å². The van der Waals surface area contributed by atoms with Gasteiger partial charge in [-0.1, -0.05) is 6.07 Å². The van der Waals surface area contributed by atoms with Crippen molar-refractivity contribution in [2.24, 2.45) is 0 Å². The monoisotopic (exact) mass is 317 g/mol. The number of pyridine rings is 1. The molecule has 1 saturated heterocycles. The highest BCUT2D eigenvalue weighted by atomic mass is 16.5. The molecule has 2 aromatic rings. The van der Waals surface area contributed by atoms with Crippen LogP contribution in [-0.2, 0) is 17.9 Å². The van der Waals surface area contributed by atoms with Crippen LogP contribution < -0.4 is 4.90 Å². The largest absolute Gasteiger partial charge is 0.394 e. The highest BCUT2D eigenvalue weighted by Crippen LogP contribution is 2.28. The SMILES string of the molecule is COCc1nc(C2CCCN(c3ccccn3)C2)n(CCO)n1. The van der Waals surface area contributed by atoms with Crippen molar-refractivity contribution in [3.8, 4) is 0 Å². The van der Waals surface area contributed by atoms with Gasteiger partial charge in [-0.05, 0) is 25.0 Å². The van der Waals surface area contributed by atoms with E-state index in [0.29, 0.717) is 19.0 Å². The third kappa shape index (κ3) is 3.68. The van der Waals surface area contributed by atoms with Gasteiger partial charge in [-0.2, -0.15) is 5.10 Å². The van der Waals surface area contributed by atoms with Crippen molar-refractivity contribution >= 4 is 5.82 Å². The molecule has 0 aliphatic carbocycles. The van der Waals surface area contributed by atoms with Crippen molar-refractivity contribution < 1.29 is 9.84 Å². The van der Waals surface area contributed by atoms with Crippen LogP contribution in [-0.4, -0.2) is 51.7 Å². The Balaban J connectivity index is 1.80. The van der Waals surface area contributed by atoms with Crippen LogP contribution in [0.3, 0.4) is 0 Å². The molecule has 23 heavy (non-hydrogen) atoms. The van der Waals surface area contributed by atoms with Crippen LogP contribution in [0.25, 0.3) is 0 Å². The molecular weight excluding hydrogens is 294 g/mol. The van der Waals surface area contributed by atoms with E-state index in [-0.39, 0.29) is 12.5 Å². The predicted molar refractivity (Wildman–Crippen MR) is 86.2 cm³/mol. The van der Waals surface area contributed by atoms with E-state index in [1.165, 1.54) is 0 Å². The smallest absolute Gasteiger partial charge is 0.176 e. The Hall–Kier alpha value is -1.99. The van der Waals surface area contributed by atoms with Crippen LogP contribution in [0, 0.1) is 0 Å². The molecule has 3 heterocycles. The highest BCUT2D eigenvalue weighted by Gasteiger charge is 2.26. The molecule has 0 aromatic carbocycles. The minimum Gasteiger partial charge on any atom is -0.394 e. The first-order valence-corrected chi connectivity index (χ1v) is 8.01. The second kappa shape index (κ2) is 7.52. The molecule has 2 aromatic heterocycles. The minimum atomic E-state index is 0.0550. The van der Waals surface area contributed by atoms with Gasteiger partial charge >= 0.3 is 0 Å². The number of hydrogen-bond acceptors (Lipinski definition) is 6. The number of ether oxygens (including phenoxy) is 1. The summed E-state index contributed by atoms with van der Waals surface area (Å²) in [6.07, 6.45) is 3.98. The molecule has 124 valence electrons. The number of methoxy groups -OCH3 is 1. The summed E-state index contributed by atoms with van der Waals surface area (Å²) in [7, 11) is 1.63. The summed E-state index contributed by atoms with van der Waals surface area (Å²) in [4.78, 5) is 11.4. The number of aromatic nitrogens is 4. The molecule has 0 spiro atoms. The standard InChI is InChI=1S/C16H23N5O2/c1-23-12-14-18-16(21(19-14)9-10-22)13-5-4-8-20(11-13)15-6-2-3-7-17-15/h2-3,6-7,13,22H,4-5,8-12H2,1H3. The Kier molecular flexibility index (Phi) is 5.19. The fourth-order valence-electron chi connectivity index (χ4n) is 3.09. The van der Waals surface area contributed by atoms with Crippen LogP contribution >= 0.6 is 0 Å². The maximum atomic E-state index is 9.27.